The van der Waals surface area contributed by atoms with Crippen LogP contribution in [0.2, 0.25) is 10.0 Å². The van der Waals surface area contributed by atoms with E-state index in [1.807, 2.05) is 0 Å². The van der Waals surface area contributed by atoms with Gasteiger partial charge in [-0.1, -0.05) is 53.5 Å². The minimum absolute atomic E-state index is 0.0117. The quantitative estimate of drug-likeness (QED) is 0.569. The molecule has 0 radical (unpaired) electrons. The summed E-state index contributed by atoms with van der Waals surface area (Å²) in [5.41, 5.74) is 0.496. The summed E-state index contributed by atoms with van der Waals surface area (Å²) in [5, 5.41) is 14.9. The topological polar surface area (TPSA) is 104 Å². The highest BCUT2D eigenvalue weighted by molar-refractivity contribution is 6.42. The molecule has 28 heavy (non-hydrogen) atoms. The second kappa shape index (κ2) is 8.33. The molecule has 1 heterocycles. The van der Waals surface area contributed by atoms with Crippen molar-refractivity contribution >= 4 is 35.1 Å². The molecule has 3 aromatic rings. The Morgan fingerprint density at radius 2 is 1.82 bits per heavy atom. The number of nitrogens with zero attached hydrogens (tertiary/aromatic N) is 1. The lowest BCUT2D eigenvalue weighted by Gasteiger charge is -2.18. The molecule has 144 valence electrons. The van der Waals surface area contributed by atoms with Crippen molar-refractivity contribution in [3.63, 3.8) is 0 Å². The van der Waals surface area contributed by atoms with E-state index in [4.69, 9.17) is 23.2 Å². The van der Waals surface area contributed by atoms with Gasteiger partial charge in [0.05, 0.1) is 28.2 Å². The predicted molar refractivity (Wildman–Crippen MR) is 105 cm³/mol. The van der Waals surface area contributed by atoms with Gasteiger partial charge in [0, 0.05) is 6.07 Å². The Morgan fingerprint density at radius 3 is 2.50 bits per heavy atom. The maximum atomic E-state index is 12.6. The number of carbonyl (C=O) groups excluding carboxylic acids is 1. The molecule has 0 aliphatic carbocycles. The highest BCUT2D eigenvalue weighted by Crippen LogP contribution is 2.31. The summed E-state index contributed by atoms with van der Waals surface area (Å²) in [5.74, 6) is -1.77. The van der Waals surface area contributed by atoms with Crippen molar-refractivity contribution in [2.75, 3.05) is 0 Å². The number of para-hydroxylation sites is 1. The Bertz CT molecular complexity index is 1080. The first-order valence-corrected chi connectivity index (χ1v) is 8.96. The monoisotopic (exact) mass is 419 g/mol. The minimum atomic E-state index is -1.13. The lowest BCUT2D eigenvalue weighted by molar-refractivity contribution is -0.137. The number of hydrogen-bond acceptors (Lipinski definition) is 3. The number of aromatic amines is 1. The number of nitrogens with one attached hydrogen (secondary N) is 2. The van der Waals surface area contributed by atoms with Gasteiger partial charge < -0.3 is 10.4 Å². The molecule has 1 atom stereocenters. The Labute approximate surface area is 169 Å². The van der Waals surface area contributed by atoms with E-state index in [-0.39, 0.29) is 15.7 Å². The summed E-state index contributed by atoms with van der Waals surface area (Å²) in [6, 6.07) is 13.7. The summed E-state index contributed by atoms with van der Waals surface area (Å²) >= 11 is 12.2. The van der Waals surface area contributed by atoms with Crippen molar-refractivity contribution in [3.8, 4) is 5.69 Å². The third-order valence-electron chi connectivity index (χ3n) is 4.02. The SMILES string of the molecule is O=C(O)C[C@H](NC(=O)c1cc(=O)n(-c2ccccc2)[nH]1)c1cccc(Cl)c1Cl. The molecule has 0 unspecified atom stereocenters. The maximum Gasteiger partial charge on any atom is 0.305 e. The van der Waals surface area contributed by atoms with Crippen LogP contribution in [0, 0.1) is 0 Å². The normalized spacial score (nSPS) is 11.8. The first-order valence-electron chi connectivity index (χ1n) is 8.21. The van der Waals surface area contributed by atoms with Gasteiger partial charge in [-0.2, -0.15) is 0 Å². The van der Waals surface area contributed by atoms with E-state index < -0.39 is 29.9 Å². The van der Waals surface area contributed by atoms with Crippen molar-refractivity contribution < 1.29 is 14.7 Å². The molecular formula is C19H15Cl2N3O4. The number of amides is 1. The zero-order chi connectivity index (χ0) is 20.3. The van der Waals surface area contributed by atoms with Crippen LogP contribution in [0.15, 0.2) is 59.4 Å². The lowest BCUT2D eigenvalue weighted by atomic mass is 10.0. The fourth-order valence-electron chi connectivity index (χ4n) is 2.72. The largest absolute Gasteiger partial charge is 0.481 e. The van der Waals surface area contributed by atoms with Crippen LogP contribution in [0.25, 0.3) is 5.69 Å². The summed E-state index contributed by atoms with van der Waals surface area (Å²) in [4.78, 5) is 36.1. The number of hydrogen-bond donors (Lipinski definition) is 3. The van der Waals surface area contributed by atoms with Crippen LogP contribution in [0.3, 0.4) is 0 Å². The van der Waals surface area contributed by atoms with Gasteiger partial charge in [0.1, 0.15) is 5.69 Å². The number of halogens is 2. The van der Waals surface area contributed by atoms with Gasteiger partial charge in [0.2, 0.25) is 0 Å². The van der Waals surface area contributed by atoms with E-state index in [0.29, 0.717) is 11.3 Å². The molecular weight excluding hydrogens is 405 g/mol. The van der Waals surface area contributed by atoms with Crippen LogP contribution in [0.5, 0.6) is 0 Å². The van der Waals surface area contributed by atoms with Crippen molar-refractivity contribution in [2.24, 2.45) is 0 Å². The summed E-state index contributed by atoms with van der Waals surface area (Å²) in [6.45, 7) is 0. The van der Waals surface area contributed by atoms with E-state index >= 15 is 0 Å². The average Bonchev–Trinajstić information content (AvgIpc) is 3.06. The molecule has 3 rings (SSSR count). The predicted octanol–water partition coefficient (Wildman–Crippen LogP) is 3.42. The van der Waals surface area contributed by atoms with E-state index in [9.17, 15) is 19.5 Å². The van der Waals surface area contributed by atoms with Crippen LogP contribution in [-0.2, 0) is 4.79 Å². The van der Waals surface area contributed by atoms with Crippen LogP contribution in [0.4, 0.5) is 0 Å². The summed E-state index contributed by atoms with van der Waals surface area (Å²) in [7, 11) is 0. The lowest BCUT2D eigenvalue weighted by Crippen LogP contribution is -2.30. The van der Waals surface area contributed by atoms with Gasteiger partial charge in [-0.05, 0) is 23.8 Å². The molecule has 0 spiro atoms. The van der Waals surface area contributed by atoms with Gasteiger partial charge in [0.15, 0.2) is 0 Å². The molecule has 2 aromatic carbocycles. The van der Waals surface area contributed by atoms with Gasteiger partial charge >= 0.3 is 5.97 Å². The van der Waals surface area contributed by atoms with Crippen molar-refractivity contribution in [1.82, 2.24) is 15.1 Å². The third kappa shape index (κ3) is 4.27. The molecule has 1 aromatic heterocycles. The molecule has 9 heteroatoms. The molecule has 0 aliphatic heterocycles. The smallest absolute Gasteiger partial charge is 0.305 e. The van der Waals surface area contributed by atoms with E-state index in [2.05, 4.69) is 10.4 Å². The molecule has 0 aliphatic rings. The fraction of sp³-hybridized carbons (Fsp3) is 0.105. The molecule has 1 amide bonds. The van der Waals surface area contributed by atoms with E-state index in [1.54, 1.807) is 48.5 Å². The van der Waals surface area contributed by atoms with Crippen LogP contribution < -0.4 is 10.9 Å². The van der Waals surface area contributed by atoms with E-state index in [0.717, 1.165) is 6.07 Å². The zero-order valence-corrected chi connectivity index (χ0v) is 15.9. The number of benzene rings is 2. The number of aromatic nitrogens is 2. The Kier molecular flexibility index (Phi) is 5.87. The van der Waals surface area contributed by atoms with Gasteiger partial charge in [-0.3, -0.25) is 19.5 Å². The fourth-order valence-corrected chi connectivity index (χ4v) is 3.16. The second-order valence-electron chi connectivity index (χ2n) is 5.95. The molecule has 0 saturated heterocycles. The average molecular weight is 420 g/mol. The van der Waals surface area contributed by atoms with Crippen molar-refractivity contribution in [2.45, 2.75) is 12.5 Å². The highest BCUT2D eigenvalue weighted by Gasteiger charge is 2.23. The zero-order valence-electron chi connectivity index (χ0n) is 14.4. The highest BCUT2D eigenvalue weighted by atomic mass is 35.5. The number of carbonyl (C=O) groups is 2. The van der Waals surface area contributed by atoms with E-state index in [1.165, 1.54) is 4.68 Å². The Morgan fingerprint density at radius 1 is 1.11 bits per heavy atom. The maximum absolute atomic E-state index is 12.6. The van der Waals surface area contributed by atoms with Crippen LogP contribution in [0.1, 0.15) is 28.5 Å². The second-order valence-corrected chi connectivity index (χ2v) is 6.73. The third-order valence-corrected chi connectivity index (χ3v) is 4.85. The number of H-pyrrole nitrogens is 1. The Balaban J connectivity index is 1.90. The summed E-state index contributed by atoms with van der Waals surface area (Å²) in [6.07, 6.45) is -0.407. The molecule has 7 nitrogen and oxygen atoms in total. The molecule has 0 saturated carbocycles. The Hall–Kier alpha value is -3.03. The number of carboxylic acids is 1. The number of rotatable bonds is 6. The number of aliphatic carboxylic acids is 1. The number of carboxylic acid groups (broad SMARTS) is 1. The minimum Gasteiger partial charge on any atom is -0.481 e. The van der Waals surface area contributed by atoms with Crippen LogP contribution in [-0.4, -0.2) is 26.8 Å². The van der Waals surface area contributed by atoms with Gasteiger partial charge in [-0.15, -0.1) is 0 Å². The van der Waals surface area contributed by atoms with Crippen molar-refractivity contribution in [1.29, 1.82) is 0 Å². The summed E-state index contributed by atoms with van der Waals surface area (Å²) < 4.78 is 1.22. The molecule has 0 fully saturated rings. The van der Waals surface area contributed by atoms with Gasteiger partial charge in [0.25, 0.3) is 11.5 Å². The first-order chi connectivity index (χ1) is 13.4. The van der Waals surface area contributed by atoms with Crippen molar-refractivity contribution in [3.05, 3.63) is 86.3 Å². The first kappa shape index (κ1) is 19.7. The standard InChI is InChI=1S/C19H15Cl2N3O4/c20-13-8-4-7-12(18(13)21)14(10-17(26)27)22-19(28)15-9-16(25)24(23-15)11-5-2-1-3-6-11/h1-9,14,23H,10H2,(H,22,28)(H,26,27)/t14-/m0/s1. The van der Waals surface area contributed by atoms with Gasteiger partial charge in [-0.25, -0.2) is 4.68 Å². The molecule has 3 N–H and O–H groups in total. The van der Waals surface area contributed by atoms with Crippen LogP contribution >= 0.6 is 23.2 Å². The molecule has 0 bridgehead atoms.